The Hall–Kier alpha value is -2.21. The second-order valence-electron chi connectivity index (χ2n) is 6.80. The first-order chi connectivity index (χ1) is 13.0. The first-order valence-electron chi connectivity index (χ1n) is 9.09. The predicted octanol–water partition coefficient (Wildman–Crippen LogP) is 4.04. The molecule has 2 rings (SSSR count). The summed E-state index contributed by atoms with van der Waals surface area (Å²) in [5.74, 6) is 1.52. The first-order valence-corrected chi connectivity index (χ1v) is 9.09. The van der Waals surface area contributed by atoms with Crippen molar-refractivity contribution in [2.45, 2.75) is 19.4 Å². The van der Waals surface area contributed by atoms with Crippen LogP contribution in [0.5, 0.6) is 11.5 Å². The molecule has 0 aliphatic heterocycles. The smallest absolute Gasteiger partial charge is 0.182 e. The molecule has 27 heavy (non-hydrogen) atoms. The van der Waals surface area contributed by atoms with Crippen molar-refractivity contribution in [1.82, 2.24) is 4.90 Å². The molecule has 0 N–H and O–H groups in total. The number of ketones is 1. The van der Waals surface area contributed by atoms with E-state index in [4.69, 9.17) is 14.2 Å². The van der Waals surface area contributed by atoms with E-state index in [1.807, 2.05) is 68.4 Å². The van der Waals surface area contributed by atoms with Gasteiger partial charge in [0.1, 0.15) is 11.5 Å². The Balaban J connectivity index is 2.11. The van der Waals surface area contributed by atoms with Crippen molar-refractivity contribution >= 4 is 5.78 Å². The van der Waals surface area contributed by atoms with Crippen LogP contribution in [-0.4, -0.2) is 56.7 Å². The zero-order chi connectivity index (χ0) is 19.7. The van der Waals surface area contributed by atoms with Gasteiger partial charge in [0.25, 0.3) is 0 Å². The molecule has 0 aromatic heterocycles. The number of Topliss-reactive ketones (excluding diaryl/α,β-unsaturated/α-hetero) is 1. The highest BCUT2D eigenvalue weighted by Crippen LogP contribution is 2.25. The van der Waals surface area contributed by atoms with Gasteiger partial charge in [-0.25, -0.2) is 0 Å². The fraction of sp³-hybridized carbons (Fsp3) is 0.409. The number of para-hydroxylation sites is 1. The van der Waals surface area contributed by atoms with Gasteiger partial charge in [0.2, 0.25) is 0 Å². The summed E-state index contributed by atoms with van der Waals surface area (Å²) >= 11 is 0. The van der Waals surface area contributed by atoms with Crippen molar-refractivity contribution in [3.8, 4) is 11.5 Å². The van der Waals surface area contributed by atoms with E-state index in [0.717, 1.165) is 5.75 Å². The van der Waals surface area contributed by atoms with Gasteiger partial charge < -0.3 is 14.2 Å². The van der Waals surface area contributed by atoms with Crippen LogP contribution in [0, 0.1) is 0 Å². The second-order valence-corrected chi connectivity index (χ2v) is 6.80. The molecule has 0 amide bonds. The fourth-order valence-corrected chi connectivity index (χ4v) is 2.87. The molecule has 146 valence electrons. The summed E-state index contributed by atoms with van der Waals surface area (Å²) in [6.07, 6.45) is 0. The minimum atomic E-state index is -0.668. The van der Waals surface area contributed by atoms with Gasteiger partial charge in [0, 0.05) is 32.9 Å². The number of carbonyl (C=O) groups excluding carboxylic acids is 1. The van der Waals surface area contributed by atoms with Gasteiger partial charge in [-0.15, -0.1) is 0 Å². The highest BCUT2D eigenvalue weighted by atomic mass is 16.5. The van der Waals surface area contributed by atoms with E-state index < -0.39 is 5.54 Å². The van der Waals surface area contributed by atoms with Crippen molar-refractivity contribution < 1.29 is 19.0 Å². The van der Waals surface area contributed by atoms with E-state index >= 15 is 0 Å². The van der Waals surface area contributed by atoms with Crippen LogP contribution in [0.3, 0.4) is 0 Å². The zero-order valence-corrected chi connectivity index (χ0v) is 16.6. The average molecular weight is 371 g/mol. The molecule has 5 nitrogen and oxygen atoms in total. The number of hydrogen-bond acceptors (Lipinski definition) is 5. The molecule has 0 atom stereocenters. The number of methoxy groups -OCH3 is 2. The zero-order valence-electron chi connectivity index (χ0n) is 16.6. The normalized spacial score (nSPS) is 11.6. The van der Waals surface area contributed by atoms with Crippen LogP contribution >= 0.6 is 0 Å². The lowest BCUT2D eigenvalue weighted by molar-refractivity contribution is 0.0418. The highest BCUT2D eigenvalue weighted by Gasteiger charge is 2.34. The highest BCUT2D eigenvalue weighted by molar-refractivity contribution is 6.02. The van der Waals surface area contributed by atoms with E-state index in [-0.39, 0.29) is 5.78 Å². The summed E-state index contributed by atoms with van der Waals surface area (Å²) in [5.41, 5.74) is -0.0148. The Morgan fingerprint density at radius 1 is 0.852 bits per heavy atom. The van der Waals surface area contributed by atoms with Gasteiger partial charge in [0.05, 0.1) is 18.8 Å². The lowest BCUT2D eigenvalue weighted by Crippen LogP contribution is -2.52. The van der Waals surface area contributed by atoms with E-state index in [9.17, 15) is 4.79 Å². The SMILES string of the molecule is COCCN(CCOC)C(C)(C)C(=O)c1ccc(Oc2ccccc2)cc1. The summed E-state index contributed by atoms with van der Waals surface area (Å²) in [7, 11) is 3.32. The Kier molecular flexibility index (Phi) is 7.98. The maximum absolute atomic E-state index is 13.1. The molecule has 0 aliphatic rings. The van der Waals surface area contributed by atoms with Crippen LogP contribution in [-0.2, 0) is 9.47 Å². The maximum Gasteiger partial charge on any atom is 0.182 e. The molecular weight excluding hydrogens is 342 g/mol. The Morgan fingerprint density at radius 3 is 1.89 bits per heavy atom. The average Bonchev–Trinajstić information content (AvgIpc) is 2.68. The van der Waals surface area contributed by atoms with Gasteiger partial charge in [-0.3, -0.25) is 9.69 Å². The third-order valence-electron chi connectivity index (χ3n) is 4.57. The number of ether oxygens (including phenoxy) is 3. The standard InChI is InChI=1S/C22H29NO4/c1-22(2,23(14-16-25-3)15-17-26-4)21(24)18-10-12-20(13-11-18)27-19-8-6-5-7-9-19/h5-13H,14-17H2,1-4H3. The maximum atomic E-state index is 13.1. The molecule has 0 radical (unpaired) electrons. The molecule has 0 saturated carbocycles. The van der Waals surface area contributed by atoms with Crippen molar-refractivity contribution in [3.63, 3.8) is 0 Å². The molecule has 0 unspecified atom stereocenters. The van der Waals surface area contributed by atoms with Gasteiger partial charge in [0.15, 0.2) is 5.78 Å². The topological polar surface area (TPSA) is 48.0 Å². The number of benzene rings is 2. The minimum Gasteiger partial charge on any atom is -0.457 e. The lowest BCUT2D eigenvalue weighted by atomic mass is 9.91. The van der Waals surface area contributed by atoms with Crippen LogP contribution in [0.4, 0.5) is 0 Å². The van der Waals surface area contributed by atoms with Crippen molar-refractivity contribution in [3.05, 3.63) is 60.2 Å². The Morgan fingerprint density at radius 2 is 1.37 bits per heavy atom. The predicted molar refractivity (Wildman–Crippen MR) is 107 cm³/mol. The van der Waals surface area contributed by atoms with Crippen LogP contribution in [0.25, 0.3) is 0 Å². The van der Waals surface area contributed by atoms with E-state index in [2.05, 4.69) is 4.90 Å². The number of hydrogen-bond donors (Lipinski definition) is 0. The third-order valence-corrected chi connectivity index (χ3v) is 4.57. The first kappa shape index (κ1) is 21.1. The molecule has 0 bridgehead atoms. The molecule has 2 aromatic rings. The minimum absolute atomic E-state index is 0.0565. The lowest BCUT2D eigenvalue weighted by Gasteiger charge is -2.37. The monoisotopic (exact) mass is 371 g/mol. The molecule has 0 fully saturated rings. The van der Waals surface area contributed by atoms with Crippen molar-refractivity contribution in [2.75, 3.05) is 40.5 Å². The molecular formula is C22H29NO4. The summed E-state index contributed by atoms with van der Waals surface area (Å²) in [6.45, 7) is 6.32. The molecule has 5 heteroatoms. The van der Waals surface area contributed by atoms with E-state index in [0.29, 0.717) is 37.6 Å². The molecule has 0 spiro atoms. The van der Waals surface area contributed by atoms with Gasteiger partial charge in [-0.1, -0.05) is 18.2 Å². The van der Waals surface area contributed by atoms with Crippen LogP contribution in [0.1, 0.15) is 24.2 Å². The van der Waals surface area contributed by atoms with Gasteiger partial charge in [-0.05, 0) is 50.2 Å². The number of nitrogens with zero attached hydrogens (tertiary/aromatic N) is 1. The van der Waals surface area contributed by atoms with E-state index in [1.165, 1.54) is 0 Å². The molecule has 2 aromatic carbocycles. The number of rotatable bonds is 11. The largest absolute Gasteiger partial charge is 0.457 e. The molecule has 0 saturated heterocycles. The fourth-order valence-electron chi connectivity index (χ4n) is 2.87. The van der Waals surface area contributed by atoms with Crippen molar-refractivity contribution in [2.24, 2.45) is 0 Å². The quantitative estimate of drug-likeness (QED) is 0.558. The van der Waals surface area contributed by atoms with Crippen LogP contribution in [0.2, 0.25) is 0 Å². The third kappa shape index (κ3) is 5.89. The van der Waals surface area contributed by atoms with Gasteiger partial charge >= 0.3 is 0 Å². The summed E-state index contributed by atoms with van der Waals surface area (Å²) in [4.78, 5) is 15.2. The van der Waals surface area contributed by atoms with Crippen LogP contribution in [0.15, 0.2) is 54.6 Å². The Labute approximate surface area is 161 Å². The van der Waals surface area contributed by atoms with E-state index in [1.54, 1.807) is 14.2 Å². The van der Waals surface area contributed by atoms with Crippen LogP contribution < -0.4 is 4.74 Å². The molecule has 0 heterocycles. The summed E-state index contributed by atoms with van der Waals surface area (Å²) in [6, 6.07) is 16.8. The van der Waals surface area contributed by atoms with Crippen molar-refractivity contribution in [1.29, 1.82) is 0 Å². The summed E-state index contributed by atoms with van der Waals surface area (Å²) < 4.78 is 16.2. The Bertz CT molecular complexity index is 690. The van der Waals surface area contributed by atoms with Gasteiger partial charge in [-0.2, -0.15) is 0 Å². The molecule has 0 aliphatic carbocycles. The number of carbonyl (C=O) groups is 1. The second kappa shape index (κ2) is 10.2. The summed E-state index contributed by atoms with van der Waals surface area (Å²) in [5, 5.41) is 0.